The summed E-state index contributed by atoms with van der Waals surface area (Å²) in [4.78, 5) is 4.77. The van der Waals surface area contributed by atoms with Crippen molar-refractivity contribution in [2.24, 2.45) is 10.4 Å². The number of nitrogens with zero attached hydrogens (tertiary/aromatic N) is 1. The average molecular weight is 531 g/mol. The molecule has 2 atom stereocenters. The molecule has 6 nitrogen and oxygen atoms in total. The molecule has 2 aliphatic rings. The van der Waals surface area contributed by atoms with E-state index in [0.717, 1.165) is 57.9 Å². The third-order valence-corrected chi connectivity index (χ3v) is 5.99. The lowest BCUT2D eigenvalue weighted by atomic mass is 9.84. The quantitative estimate of drug-likeness (QED) is 0.187. The minimum Gasteiger partial charge on any atom is -0.396 e. The first-order valence-electron chi connectivity index (χ1n) is 11.2. The van der Waals surface area contributed by atoms with Crippen molar-refractivity contribution in [3.63, 3.8) is 0 Å². The number of benzene rings is 1. The topological polar surface area (TPSA) is 75.1 Å². The van der Waals surface area contributed by atoms with Crippen molar-refractivity contribution in [3.05, 3.63) is 35.4 Å². The molecule has 7 heteroatoms. The highest BCUT2D eigenvalue weighted by atomic mass is 127. The fourth-order valence-electron chi connectivity index (χ4n) is 4.26. The van der Waals surface area contributed by atoms with Gasteiger partial charge < -0.3 is 25.2 Å². The Balaban J connectivity index is 0.00000320. The van der Waals surface area contributed by atoms with E-state index in [-0.39, 0.29) is 42.1 Å². The van der Waals surface area contributed by atoms with Gasteiger partial charge in [-0.15, -0.1) is 24.0 Å². The highest BCUT2D eigenvalue weighted by Crippen LogP contribution is 2.33. The highest BCUT2D eigenvalue weighted by molar-refractivity contribution is 14.0. The van der Waals surface area contributed by atoms with E-state index in [4.69, 9.17) is 14.5 Å². The number of aliphatic imine (C=N–C) groups is 1. The molecule has 1 aromatic rings. The molecule has 0 radical (unpaired) electrons. The summed E-state index contributed by atoms with van der Waals surface area (Å²) in [6, 6.07) is 8.67. The molecule has 30 heavy (non-hydrogen) atoms. The van der Waals surface area contributed by atoms with Gasteiger partial charge in [-0.3, -0.25) is 4.99 Å². The lowest BCUT2D eigenvalue weighted by Gasteiger charge is -2.26. The number of aliphatic hydroxyl groups excluding tert-OH is 1. The van der Waals surface area contributed by atoms with Crippen LogP contribution in [-0.4, -0.2) is 57.1 Å². The van der Waals surface area contributed by atoms with Gasteiger partial charge in [0, 0.05) is 38.3 Å². The van der Waals surface area contributed by atoms with Crippen LogP contribution in [0.2, 0.25) is 0 Å². The Morgan fingerprint density at radius 1 is 1.33 bits per heavy atom. The molecular formula is C23H38IN3O3. The number of hydrogen-bond donors (Lipinski definition) is 3. The third kappa shape index (κ3) is 7.35. The van der Waals surface area contributed by atoms with Crippen LogP contribution in [0, 0.1) is 5.41 Å². The van der Waals surface area contributed by atoms with E-state index in [1.807, 2.05) is 0 Å². The summed E-state index contributed by atoms with van der Waals surface area (Å²) in [5, 5.41) is 16.1. The number of aliphatic hydroxyl groups is 1. The summed E-state index contributed by atoms with van der Waals surface area (Å²) in [5.41, 5.74) is 2.79. The Labute approximate surface area is 198 Å². The SMILES string of the molecule is CCNC(=NCC1(CCO)CCOC1)NCCCOC1CCCc2ccccc21.I. The first-order chi connectivity index (χ1) is 14.3. The predicted octanol–water partition coefficient (Wildman–Crippen LogP) is 3.43. The molecule has 0 spiro atoms. The second-order valence-electron chi connectivity index (χ2n) is 8.20. The van der Waals surface area contributed by atoms with Crippen LogP contribution in [-0.2, 0) is 15.9 Å². The summed E-state index contributed by atoms with van der Waals surface area (Å²) in [5.74, 6) is 0.833. The Morgan fingerprint density at radius 2 is 2.20 bits per heavy atom. The van der Waals surface area contributed by atoms with Gasteiger partial charge >= 0.3 is 0 Å². The Bertz CT molecular complexity index is 650. The Morgan fingerprint density at radius 3 is 2.97 bits per heavy atom. The van der Waals surface area contributed by atoms with Crippen LogP contribution in [0.25, 0.3) is 0 Å². The van der Waals surface area contributed by atoms with Crippen LogP contribution in [0.4, 0.5) is 0 Å². The number of nitrogens with one attached hydrogen (secondary N) is 2. The maximum atomic E-state index is 9.38. The number of ether oxygens (including phenoxy) is 2. The van der Waals surface area contributed by atoms with Gasteiger partial charge in [0.1, 0.15) is 0 Å². The van der Waals surface area contributed by atoms with E-state index in [1.165, 1.54) is 24.0 Å². The molecule has 1 aromatic carbocycles. The fourth-order valence-corrected chi connectivity index (χ4v) is 4.26. The van der Waals surface area contributed by atoms with Crippen molar-refractivity contribution < 1.29 is 14.6 Å². The molecule has 3 N–H and O–H groups in total. The minimum absolute atomic E-state index is 0. The van der Waals surface area contributed by atoms with E-state index in [9.17, 15) is 5.11 Å². The van der Waals surface area contributed by atoms with Crippen LogP contribution >= 0.6 is 24.0 Å². The number of guanidine groups is 1. The lowest BCUT2D eigenvalue weighted by Crippen LogP contribution is -2.39. The van der Waals surface area contributed by atoms with E-state index >= 15 is 0 Å². The number of aryl methyl sites for hydroxylation is 1. The summed E-state index contributed by atoms with van der Waals surface area (Å²) >= 11 is 0. The summed E-state index contributed by atoms with van der Waals surface area (Å²) in [7, 11) is 0. The Hall–Kier alpha value is -0.900. The van der Waals surface area contributed by atoms with Gasteiger partial charge in [0.05, 0.1) is 19.3 Å². The van der Waals surface area contributed by atoms with Gasteiger partial charge in [-0.1, -0.05) is 24.3 Å². The second kappa shape index (κ2) is 13.5. The number of halogens is 1. The summed E-state index contributed by atoms with van der Waals surface area (Å²) < 4.78 is 11.8. The molecular weight excluding hydrogens is 493 g/mol. The van der Waals surface area contributed by atoms with Gasteiger partial charge in [-0.25, -0.2) is 0 Å². The van der Waals surface area contributed by atoms with E-state index < -0.39 is 0 Å². The van der Waals surface area contributed by atoms with Crippen LogP contribution in [0.15, 0.2) is 29.3 Å². The average Bonchev–Trinajstić information content (AvgIpc) is 3.21. The van der Waals surface area contributed by atoms with Crippen molar-refractivity contribution in [1.29, 1.82) is 0 Å². The minimum atomic E-state index is -0.0193. The van der Waals surface area contributed by atoms with E-state index in [0.29, 0.717) is 13.2 Å². The van der Waals surface area contributed by atoms with Gasteiger partial charge in [0.25, 0.3) is 0 Å². The molecule has 0 saturated carbocycles. The number of fused-ring (bicyclic) bond motifs is 1. The van der Waals surface area contributed by atoms with E-state index in [1.54, 1.807) is 0 Å². The number of rotatable bonds is 10. The number of hydrogen-bond acceptors (Lipinski definition) is 4. The first-order valence-corrected chi connectivity index (χ1v) is 11.2. The van der Waals surface area contributed by atoms with Crippen LogP contribution in [0.3, 0.4) is 0 Å². The standard InChI is InChI=1S/C23H37N3O3.HI/c1-2-24-22(26-17-23(11-14-27)12-16-28-18-23)25-13-6-15-29-21-10-5-8-19-7-3-4-9-20(19)21;/h3-4,7,9,21,27H,2,5-6,8,10-18H2,1H3,(H2,24,25,26);1H. The van der Waals surface area contributed by atoms with Crippen LogP contribution in [0.1, 0.15) is 56.3 Å². The zero-order valence-corrected chi connectivity index (χ0v) is 20.5. The molecule has 1 saturated heterocycles. The van der Waals surface area contributed by atoms with Gasteiger partial charge in [0.15, 0.2) is 5.96 Å². The maximum absolute atomic E-state index is 9.38. The molecule has 1 aliphatic carbocycles. The molecule has 170 valence electrons. The van der Waals surface area contributed by atoms with Gasteiger partial charge in [-0.2, -0.15) is 0 Å². The van der Waals surface area contributed by atoms with Crippen molar-refractivity contribution in [3.8, 4) is 0 Å². The van der Waals surface area contributed by atoms with Gasteiger partial charge in [-0.05, 0) is 56.6 Å². The second-order valence-corrected chi connectivity index (χ2v) is 8.20. The maximum Gasteiger partial charge on any atom is 0.191 e. The van der Waals surface area contributed by atoms with Crippen molar-refractivity contribution >= 4 is 29.9 Å². The first kappa shape index (κ1) is 25.4. The van der Waals surface area contributed by atoms with Crippen LogP contribution in [0.5, 0.6) is 0 Å². The normalized spacial score (nSPS) is 23.5. The molecule has 1 heterocycles. The molecule has 2 unspecified atom stereocenters. The lowest BCUT2D eigenvalue weighted by molar-refractivity contribution is 0.0398. The molecule has 0 bridgehead atoms. The van der Waals surface area contributed by atoms with Crippen molar-refractivity contribution in [2.45, 2.75) is 51.6 Å². The van der Waals surface area contributed by atoms with Crippen molar-refractivity contribution in [1.82, 2.24) is 10.6 Å². The summed E-state index contributed by atoms with van der Waals surface area (Å²) in [6.07, 6.45) is 6.37. The summed E-state index contributed by atoms with van der Waals surface area (Å²) in [6.45, 7) is 6.78. The van der Waals surface area contributed by atoms with E-state index in [2.05, 4.69) is 41.8 Å². The third-order valence-electron chi connectivity index (χ3n) is 5.99. The molecule has 1 aliphatic heterocycles. The zero-order valence-electron chi connectivity index (χ0n) is 18.2. The van der Waals surface area contributed by atoms with Gasteiger partial charge in [0.2, 0.25) is 0 Å². The monoisotopic (exact) mass is 531 g/mol. The smallest absolute Gasteiger partial charge is 0.191 e. The molecule has 0 aromatic heterocycles. The molecule has 3 rings (SSSR count). The molecule has 0 amide bonds. The molecule has 1 fully saturated rings. The van der Waals surface area contributed by atoms with Crippen molar-refractivity contribution in [2.75, 3.05) is 46.1 Å². The zero-order chi connectivity index (χ0) is 20.4. The predicted molar refractivity (Wildman–Crippen MR) is 132 cm³/mol. The van der Waals surface area contributed by atoms with Crippen LogP contribution < -0.4 is 10.6 Å². The highest BCUT2D eigenvalue weighted by Gasteiger charge is 2.34. The Kier molecular flexibility index (Phi) is 11.4. The fraction of sp³-hybridized carbons (Fsp3) is 0.696. The largest absolute Gasteiger partial charge is 0.396 e.